The third-order valence-electron chi connectivity index (χ3n) is 6.34. The van der Waals surface area contributed by atoms with Crippen molar-refractivity contribution >= 4 is 28.4 Å². The van der Waals surface area contributed by atoms with Crippen LogP contribution in [0.1, 0.15) is 28.8 Å². The standard InChI is InChI=1S/C28H25ClN2O/c29-23-10-6-9-22(18-23)27-19-25(24-11-4-5-12-26(24)30-27)28(32)31-15-13-21(14-16-31)17-20-7-2-1-3-8-20/h1-12,18-19,21H,13-17H2. The first kappa shape index (κ1) is 20.7. The van der Waals surface area contributed by atoms with Crippen LogP contribution < -0.4 is 0 Å². The molecule has 1 aromatic heterocycles. The SMILES string of the molecule is O=C(c1cc(-c2cccc(Cl)c2)nc2ccccc12)N1CCC(Cc2ccccc2)CC1. The Labute approximate surface area is 193 Å². The fourth-order valence-corrected chi connectivity index (χ4v) is 4.80. The molecule has 3 nitrogen and oxygen atoms in total. The predicted molar refractivity (Wildman–Crippen MR) is 131 cm³/mol. The average molecular weight is 441 g/mol. The molecule has 0 bridgehead atoms. The highest BCUT2D eigenvalue weighted by Crippen LogP contribution is 2.29. The van der Waals surface area contributed by atoms with Gasteiger partial charge in [-0.1, -0.05) is 72.3 Å². The van der Waals surface area contributed by atoms with Crippen LogP contribution in [0.25, 0.3) is 22.2 Å². The lowest BCUT2D eigenvalue weighted by molar-refractivity contribution is 0.0692. The first-order valence-corrected chi connectivity index (χ1v) is 11.5. The van der Waals surface area contributed by atoms with Crippen molar-refractivity contribution < 1.29 is 4.79 Å². The molecule has 0 spiro atoms. The molecule has 0 aliphatic carbocycles. The van der Waals surface area contributed by atoms with Crippen LogP contribution in [0.5, 0.6) is 0 Å². The highest BCUT2D eigenvalue weighted by atomic mass is 35.5. The molecule has 0 N–H and O–H groups in total. The Bertz CT molecular complexity index is 1250. The summed E-state index contributed by atoms with van der Waals surface area (Å²) in [5.41, 5.74) is 4.61. The number of nitrogens with zero attached hydrogens (tertiary/aromatic N) is 2. The van der Waals surface area contributed by atoms with Crippen molar-refractivity contribution in [1.29, 1.82) is 0 Å². The van der Waals surface area contributed by atoms with Gasteiger partial charge in [0.15, 0.2) is 0 Å². The lowest BCUT2D eigenvalue weighted by Gasteiger charge is -2.32. The molecule has 0 atom stereocenters. The monoisotopic (exact) mass is 440 g/mol. The number of amides is 1. The molecule has 32 heavy (non-hydrogen) atoms. The molecule has 1 fully saturated rings. The lowest BCUT2D eigenvalue weighted by Crippen LogP contribution is -2.39. The topological polar surface area (TPSA) is 33.2 Å². The van der Waals surface area contributed by atoms with E-state index in [1.807, 2.05) is 59.5 Å². The van der Waals surface area contributed by atoms with Gasteiger partial charge in [0, 0.05) is 29.1 Å². The number of carbonyl (C=O) groups is 1. The van der Waals surface area contributed by atoms with Gasteiger partial charge in [0.2, 0.25) is 0 Å². The van der Waals surface area contributed by atoms with Crippen molar-refractivity contribution in [2.75, 3.05) is 13.1 Å². The zero-order valence-electron chi connectivity index (χ0n) is 17.9. The Hall–Kier alpha value is -3.17. The normalized spacial score (nSPS) is 14.6. The number of rotatable bonds is 4. The molecule has 1 saturated heterocycles. The molecular formula is C28H25ClN2O. The molecule has 0 saturated carbocycles. The second-order valence-corrected chi connectivity index (χ2v) is 8.94. The summed E-state index contributed by atoms with van der Waals surface area (Å²) in [6, 6.07) is 28.1. The van der Waals surface area contributed by atoms with E-state index in [1.165, 1.54) is 5.56 Å². The van der Waals surface area contributed by atoms with Crippen molar-refractivity contribution in [3.8, 4) is 11.3 Å². The number of para-hydroxylation sites is 1. The fourth-order valence-electron chi connectivity index (χ4n) is 4.61. The zero-order chi connectivity index (χ0) is 21.9. The molecule has 3 aromatic carbocycles. The van der Waals surface area contributed by atoms with Crippen molar-refractivity contribution in [2.45, 2.75) is 19.3 Å². The smallest absolute Gasteiger partial charge is 0.254 e. The number of likely N-dealkylation sites (tertiary alicyclic amines) is 1. The van der Waals surface area contributed by atoms with Gasteiger partial charge in [-0.25, -0.2) is 4.98 Å². The molecular weight excluding hydrogens is 416 g/mol. The minimum atomic E-state index is 0.0880. The van der Waals surface area contributed by atoms with E-state index in [2.05, 4.69) is 30.3 Å². The van der Waals surface area contributed by atoms with Crippen molar-refractivity contribution in [3.63, 3.8) is 0 Å². The second-order valence-electron chi connectivity index (χ2n) is 8.51. The van der Waals surface area contributed by atoms with E-state index in [0.29, 0.717) is 16.5 Å². The Balaban J connectivity index is 1.40. The molecule has 1 amide bonds. The van der Waals surface area contributed by atoms with Crippen molar-refractivity contribution in [3.05, 3.63) is 101 Å². The summed E-state index contributed by atoms with van der Waals surface area (Å²) in [7, 11) is 0. The van der Waals surface area contributed by atoms with Crippen molar-refractivity contribution in [1.82, 2.24) is 9.88 Å². The van der Waals surface area contributed by atoms with Gasteiger partial charge in [-0.3, -0.25) is 4.79 Å². The van der Waals surface area contributed by atoms with Crippen LogP contribution in [-0.4, -0.2) is 28.9 Å². The van der Waals surface area contributed by atoms with Crippen LogP contribution in [0.4, 0.5) is 0 Å². The zero-order valence-corrected chi connectivity index (χ0v) is 18.6. The van der Waals surface area contributed by atoms with Gasteiger partial charge in [-0.05, 0) is 55.0 Å². The second kappa shape index (κ2) is 9.13. The first-order valence-electron chi connectivity index (χ1n) is 11.2. The average Bonchev–Trinajstić information content (AvgIpc) is 2.84. The maximum Gasteiger partial charge on any atom is 0.254 e. The molecule has 1 aliphatic rings. The minimum Gasteiger partial charge on any atom is -0.339 e. The largest absolute Gasteiger partial charge is 0.339 e. The van der Waals surface area contributed by atoms with Gasteiger partial charge in [0.1, 0.15) is 0 Å². The summed E-state index contributed by atoms with van der Waals surface area (Å²) in [6.45, 7) is 1.58. The first-order chi connectivity index (χ1) is 15.7. The molecule has 0 radical (unpaired) electrons. The van der Waals surface area contributed by atoms with Crippen LogP contribution >= 0.6 is 11.6 Å². The molecule has 5 rings (SSSR count). The Morgan fingerprint density at radius 2 is 1.66 bits per heavy atom. The number of hydrogen-bond donors (Lipinski definition) is 0. The summed E-state index contributed by atoms with van der Waals surface area (Å²) in [5, 5.41) is 1.56. The molecule has 4 aromatic rings. The number of hydrogen-bond acceptors (Lipinski definition) is 2. The van der Waals surface area contributed by atoms with E-state index >= 15 is 0 Å². The predicted octanol–water partition coefficient (Wildman–Crippen LogP) is 6.65. The van der Waals surface area contributed by atoms with Gasteiger partial charge in [-0.15, -0.1) is 0 Å². The van der Waals surface area contributed by atoms with Crippen LogP contribution in [0, 0.1) is 5.92 Å². The molecule has 1 aliphatic heterocycles. The molecule has 160 valence electrons. The Kier molecular flexibility index (Phi) is 5.91. The van der Waals surface area contributed by atoms with Gasteiger partial charge in [0.25, 0.3) is 5.91 Å². The number of pyridine rings is 1. The van der Waals surface area contributed by atoms with E-state index in [1.54, 1.807) is 0 Å². The van der Waals surface area contributed by atoms with E-state index in [4.69, 9.17) is 16.6 Å². The summed E-state index contributed by atoms with van der Waals surface area (Å²) in [6.07, 6.45) is 3.15. The molecule has 4 heteroatoms. The third kappa shape index (κ3) is 4.39. The molecule has 2 heterocycles. The minimum absolute atomic E-state index is 0.0880. The number of carbonyl (C=O) groups excluding carboxylic acids is 1. The van der Waals surface area contributed by atoms with Crippen LogP contribution in [0.2, 0.25) is 5.02 Å². The number of halogens is 1. The van der Waals surface area contributed by atoms with Gasteiger partial charge >= 0.3 is 0 Å². The van der Waals surface area contributed by atoms with Gasteiger partial charge in [-0.2, -0.15) is 0 Å². The highest BCUT2D eigenvalue weighted by Gasteiger charge is 2.25. The van der Waals surface area contributed by atoms with E-state index in [9.17, 15) is 4.79 Å². The van der Waals surface area contributed by atoms with Crippen LogP contribution in [-0.2, 0) is 6.42 Å². The number of aromatic nitrogens is 1. The molecule has 0 unspecified atom stereocenters. The Morgan fingerprint density at radius 3 is 2.44 bits per heavy atom. The maximum absolute atomic E-state index is 13.6. The van der Waals surface area contributed by atoms with E-state index < -0.39 is 0 Å². The van der Waals surface area contributed by atoms with Gasteiger partial charge < -0.3 is 4.90 Å². The summed E-state index contributed by atoms with van der Waals surface area (Å²) >= 11 is 6.21. The maximum atomic E-state index is 13.6. The summed E-state index contributed by atoms with van der Waals surface area (Å²) < 4.78 is 0. The van der Waals surface area contributed by atoms with E-state index in [-0.39, 0.29) is 5.91 Å². The van der Waals surface area contributed by atoms with Crippen LogP contribution in [0.15, 0.2) is 84.9 Å². The van der Waals surface area contributed by atoms with Crippen molar-refractivity contribution in [2.24, 2.45) is 5.92 Å². The number of benzene rings is 3. The van der Waals surface area contributed by atoms with Gasteiger partial charge in [0.05, 0.1) is 16.8 Å². The lowest BCUT2D eigenvalue weighted by atomic mass is 9.90. The van der Waals surface area contributed by atoms with E-state index in [0.717, 1.165) is 54.5 Å². The summed E-state index contributed by atoms with van der Waals surface area (Å²) in [4.78, 5) is 20.4. The Morgan fingerprint density at radius 1 is 0.906 bits per heavy atom. The fraction of sp³-hybridized carbons (Fsp3) is 0.214. The van der Waals surface area contributed by atoms with Crippen LogP contribution in [0.3, 0.4) is 0 Å². The third-order valence-corrected chi connectivity index (χ3v) is 6.57. The summed E-state index contributed by atoms with van der Waals surface area (Å²) in [5.74, 6) is 0.711. The number of fused-ring (bicyclic) bond motifs is 1. The highest BCUT2D eigenvalue weighted by molar-refractivity contribution is 6.30. The quantitative estimate of drug-likeness (QED) is 0.356. The number of piperidine rings is 1.